The molecule has 22 heavy (non-hydrogen) atoms. The van der Waals surface area contributed by atoms with Gasteiger partial charge in [-0.1, -0.05) is 11.6 Å². The maximum absolute atomic E-state index is 12.4. The molecule has 1 heterocycles. The third-order valence-electron chi connectivity index (χ3n) is 3.51. The summed E-state index contributed by atoms with van der Waals surface area (Å²) in [6, 6.07) is 3.57. The quantitative estimate of drug-likeness (QED) is 0.823. The van der Waals surface area contributed by atoms with E-state index in [0.717, 1.165) is 12.8 Å². The van der Waals surface area contributed by atoms with Crippen molar-refractivity contribution in [3.63, 3.8) is 0 Å². The fourth-order valence-corrected chi connectivity index (χ4v) is 4.16. The number of methoxy groups -OCH3 is 1. The largest absolute Gasteiger partial charge is 0.465 e. The Hall–Kier alpha value is -1.15. The summed E-state index contributed by atoms with van der Waals surface area (Å²) < 4.78 is 37.4. The molecule has 0 amide bonds. The number of sulfonamides is 1. The average Bonchev–Trinajstić information content (AvgIpc) is 2.99. The molecule has 0 aliphatic carbocycles. The summed E-state index contributed by atoms with van der Waals surface area (Å²) in [5.74, 6) is -0.577. The fourth-order valence-electron chi connectivity index (χ4n) is 2.34. The van der Waals surface area contributed by atoms with E-state index in [-0.39, 0.29) is 27.6 Å². The lowest BCUT2D eigenvalue weighted by Crippen LogP contribution is -2.40. The van der Waals surface area contributed by atoms with Gasteiger partial charge >= 0.3 is 5.97 Å². The van der Waals surface area contributed by atoms with Gasteiger partial charge in [0.25, 0.3) is 0 Å². The van der Waals surface area contributed by atoms with Gasteiger partial charge in [0.15, 0.2) is 0 Å². The highest BCUT2D eigenvalue weighted by Gasteiger charge is 2.28. The highest BCUT2D eigenvalue weighted by atomic mass is 35.5. The molecule has 6 nitrogen and oxygen atoms in total. The number of hydrogen-bond donors (Lipinski definition) is 1. The first-order chi connectivity index (χ1) is 10.3. The van der Waals surface area contributed by atoms with Crippen LogP contribution in [0.15, 0.2) is 23.1 Å². The minimum Gasteiger partial charge on any atom is -0.465 e. The molecule has 1 aromatic rings. The van der Waals surface area contributed by atoms with Crippen LogP contribution in [0.3, 0.4) is 0 Å². The SMILES string of the molecule is COC(=O)c1ccc(S(=O)(=O)NC(C)C2CCCO2)c(Cl)c1. The Bertz CT molecular complexity index is 655. The molecule has 1 aromatic carbocycles. The minimum atomic E-state index is -3.79. The van der Waals surface area contributed by atoms with Gasteiger partial charge < -0.3 is 9.47 Å². The zero-order valence-electron chi connectivity index (χ0n) is 12.3. The van der Waals surface area contributed by atoms with Crippen LogP contribution in [0.2, 0.25) is 5.02 Å². The molecular weight excluding hydrogens is 330 g/mol. The van der Waals surface area contributed by atoms with Gasteiger partial charge in [0.1, 0.15) is 4.90 Å². The summed E-state index contributed by atoms with van der Waals surface area (Å²) in [6.45, 7) is 2.40. The second kappa shape index (κ2) is 6.95. The Morgan fingerprint density at radius 2 is 2.23 bits per heavy atom. The van der Waals surface area contributed by atoms with Crippen LogP contribution in [0.1, 0.15) is 30.1 Å². The topological polar surface area (TPSA) is 81.7 Å². The highest BCUT2D eigenvalue weighted by molar-refractivity contribution is 7.89. The molecule has 122 valence electrons. The van der Waals surface area contributed by atoms with Gasteiger partial charge in [0.05, 0.1) is 23.8 Å². The van der Waals surface area contributed by atoms with Crippen LogP contribution in [0.4, 0.5) is 0 Å². The van der Waals surface area contributed by atoms with Crippen molar-refractivity contribution < 1.29 is 22.7 Å². The molecule has 1 N–H and O–H groups in total. The number of carbonyl (C=O) groups is 1. The van der Waals surface area contributed by atoms with Gasteiger partial charge in [0.2, 0.25) is 10.0 Å². The van der Waals surface area contributed by atoms with Crippen LogP contribution in [-0.2, 0) is 19.5 Å². The van der Waals surface area contributed by atoms with Crippen LogP contribution in [0, 0.1) is 0 Å². The molecule has 0 aromatic heterocycles. The third-order valence-corrected chi connectivity index (χ3v) is 5.55. The predicted molar refractivity (Wildman–Crippen MR) is 81.5 cm³/mol. The molecule has 1 aliphatic rings. The van der Waals surface area contributed by atoms with E-state index >= 15 is 0 Å². The van der Waals surface area contributed by atoms with Gasteiger partial charge in [-0.2, -0.15) is 0 Å². The molecule has 2 unspecified atom stereocenters. The van der Waals surface area contributed by atoms with E-state index in [4.69, 9.17) is 16.3 Å². The molecule has 2 atom stereocenters. The number of carbonyl (C=O) groups excluding carboxylic acids is 1. The third kappa shape index (κ3) is 3.78. The van der Waals surface area contributed by atoms with Crippen LogP contribution in [0.25, 0.3) is 0 Å². The van der Waals surface area contributed by atoms with E-state index in [2.05, 4.69) is 9.46 Å². The first kappa shape index (κ1) is 17.2. The van der Waals surface area contributed by atoms with Crippen LogP contribution in [-0.4, -0.2) is 40.2 Å². The maximum atomic E-state index is 12.4. The average molecular weight is 348 g/mol. The summed E-state index contributed by atoms with van der Waals surface area (Å²) >= 11 is 6.00. The van der Waals surface area contributed by atoms with Gasteiger partial charge in [-0.3, -0.25) is 0 Å². The normalized spacial score (nSPS) is 19.9. The standard InChI is InChI=1S/C14H18ClNO5S/c1-9(12-4-3-7-21-12)16-22(18,19)13-6-5-10(8-11(13)15)14(17)20-2/h5-6,8-9,12,16H,3-4,7H2,1-2H3. The zero-order valence-corrected chi connectivity index (χ0v) is 13.9. The van der Waals surface area contributed by atoms with Crippen LogP contribution in [0.5, 0.6) is 0 Å². The number of esters is 1. The molecule has 1 fully saturated rings. The van der Waals surface area contributed by atoms with Crippen molar-refractivity contribution in [1.82, 2.24) is 4.72 Å². The van der Waals surface area contributed by atoms with E-state index in [9.17, 15) is 13.2 Å². The van der Waals surface area contributed by atoms with E-state index < -0.39 is 16.0 Å². The second-order valence-electron chi connectivity index (χ2n) is 5.10. The van der Waals surface area contributed by atoms with E-state index in [1.807, 2.05) is 0 Å². The molecule has 0 saturated carbocycles. The number of ether oxygens (including phenoxy) is 2. The highest BCUT2D eigenvalue weighted by Crippen LogP contribution is 2.24. The summed E-state index contributed by atoms with van der Waals surface area (Å²) in [5.41, 5.74) is 0.193. The van der Waals surface area contributed by atoms with E-state index in [1.165, 1.54) is 25.3 Å². The van der Waals surface area contributed by atoms with Crippen molar-refractivity contribution in [2.24, 2.45) is 0 Å². The lowest BCUT2D eigenvalue weighted by molar-refractivity contribution is 0.0600. The number of benzene rings is 1. The summed E-state index contributed by atoms with van der Waals surface area (Å²) in [5, 5.41) is -0.0325. The van der Waals surface area contributed by atoms with Crippen molar-refractivity contribution in [2.75, 3.05) is 13.7 Å². The molecule has 1 saturated heterocycles. The first-order valence-corrected chi connectivity index (χ1v) is 8.73. The van der Waals surface area contributed by atoms with Gasteiger partial charge in [0, 0.05) is 12.6 Å². The number of rotatable bonds is 5. The number of nitrogens with one attached hydrogen (secondary N) is 1. The fraction of sp³-hybridized carbons (Fsp3) is 0.500. The van der Waals surface area contributed by atoms with Crippen molar-refractivity contribution in [3.05, 3.63) is 28.8 Å². The lowest BCUT2D eigenvalue weighted by atomic mass is 10.1. The lowest BCUT2D eigenvalue weighted by Gasteiger charge is -2.20. The Balaban J connectivity index is 2.20. The monoisotopic (exact) mass is 347 g/mol. The van der Waals surface area contributed by atoms with Gasteiger partial charge in [-0.25, -0.2) is 17.9 Å². The van der Waals surface area contributed by atoms with E-state index in [1.54, 1.807) is 6.92 Å². The molecule has 1 aliphatic heterocycles. The van der Waals surface area contributed by atoms with Crippen LogP contribution >= 0.6 is 11.6 Å². The van der Waals surface area contributed by atoms with Gasteiger partial charge in [-0.05, 0) is 38.0 Å². The van der Waals surface area contributed by atoms with E-state index in [0.29, 0.717) is 6.61 Å². The Kier molecular flexibility index (Phi) is 5.44. The summed E-state index contributed by atoms with van der Waals surface area (Å²) in [4.78, 5) is 11.3. The maximum Gasteiger partial charge on any atom is 0.337 e. The van der Waals surface area contributed by atoms with Crippen molar-refractivity contribution in [3.8, 4) is 0 Å². The minimum absolute atomic E-state index is 0.0325. The second-order valence-corrected chi connectivity index (χ2v) is 7.19. The molecule has 2 rings (SSSR count). The molecule has 0 bridgehead atoms. The van der Waals surface area contributed by atoms with Gasteiger partial charge in [-0.15, -0.1) is 0 Å². The Morgan fingerprint density at radius 1 is 1.50 bits per heavy atom. The first-order valence-electron chi connectivity index (χ1n) is 6.87. The van der Waals surface area contributed by atoms with Crippen molar-refractivity contribution in [1.29, 1.82) is 0 Å². The predicted octanol–water partition coefficient (Wildman–Crippen LogP) is 1.97. The Labute approximate surface area is 134 Å². The molecular formula is C14H18ClNO5S. The smallest absolute Gasteiger partial charge is 0.337 e. The Morgan fingerprint density at radius 3 is 2.77 bits per heavy atom. The molecule has 0 radical (unpaired) electrons. The summed E-state index contributed by atoms with van der Waals surface area (Å²) in [6.07, 6.45) is 1.60. The number of hydrogen-bond acceptors (Lipinski definition) is 5. The summed E-state index contributed by atoms with van der Waals surface area (Å²) in [7, 11) is -2.55. The number of halogens is 1. The molecule has 8 heteroatoms. The molecule has 0 spiro atoms. The van der Waals surface area contributed by atoms with Crippen molar-refractivity contribution >= 4 is 27.6 Å². The van der Waals surface area contributed by atoms with Crippen LogP contribution < -0.4 is 4.72 Å². The zero-order chi connectivity index (χ0) is 16.3. The van der Waals surface area contributed by atoms with Crippen molar-refractivity contribution in [2.45, 2.75) is 36.8 Å².